The minimum atomic E-state index is -0.0131. The number of benzene rings is 2. The molecule has 1 amide bonds. The van der Waals surface area contributed by atoms with Gasteiger partial charge in [-0.25, -0.2) is 0 Å². The predicted molar refractivity (Wildman–Crippen MR) is 131 cm³/mol. The summed E-state index contributed by atoms with van der Waals surface area (Å²) >= 11 is 0. The van der Waals surface area contributed by atoms with Gasteiger partial charge in [0.25, 0.3) is 0 Å². The first-order valence-corrected chi connectivity index (χ1v) is 12.0. The molecule has 1 saturated carbocycles. The summed E-state index contributed by atoms with van der Waals surface area (Å²) in [6, 6.07) is 16.3. The summed E-state index contributed by atoms with van der Waals surface area (Å²) in [6.07, 6.45) is 10.2. The Morgan fingerprint density at radius 2 is 1.94 bits per heavy atom. The zero-order valence-electron chi connectivity index (χ0n) is 19.4. The predicted octanol–water partition coefficient (Wildman–Crippen LogP) is 4.70. The van der Waals surface area contributed by atoms with Crippen molar-refractivity contribution in [2.45, 2.75) is 51.1 Å². The Balaban J connectivity index is 1.16. The molecule has 1 fully saturated rings. The lowest BCUT2D eigenvalue weighted by atomic mass is 9.84. The smallest absolute Gasteiger partial charge is 0.244 e. The lowest BCUT2D eigenvalue weighted by molar-refractivity contribution is -0.117. The van der Waals surface area contributed by atoms with Gasteiger partial charge in [-0.2, -0.15) is 5.26 Å². The molecule has 1 aliphatic carbocycles. The molecule has 0 radical (unpaired) electrons. The molecule has 0 atom stereocenters. The van der Waals surface area contributed by atoms with Gasteiger partial charge in [-0.3, -0.25) is 9.69 Å². The van der Waals surface area contributed by atoms with E-state index < -0.39 is 0 Å². The Hall–Kier alpha value is -3.10. The van der Waals surface area contributed by atoms with Crippen molar-refractivity contribution in [1.82, 2.24) is 10.2 Å². The number of carbonyl (C=O) groups excluding carboxylic acids is 1. The van der Waals surface area contributed by atoms with E-state index in [9.17, 15) is 4.79 Å². The average molecular weight is 444 g/mol. The van der Waals surface area contributed by atoms with Crippen molar-refractivity contribution in [3.8, 4) is 11.8 Å². The molecule has 4 rings (SSSR count). The summed E-state index contributed by atoms with van der Waals surface area (Å²) in [4.78, 5) is 14.9. The van der Waals surface area contributed by atoms with Gasteiger partial charge in [0.2, 0.25) is 5.91 Å². The monoisotopic (exact) mass is 443 g/mol. The lowest BCUT2D eigenvalue weighted by Gasteiger charge is -2.33. The quantitative estimate of drug-likeness (QED) is 0.630. The third-order valence-corrected chi connectivity index (χ3v) is 7.02. The summed E-state index contributed by atoms with van der Waals surface area (Å²) in [6.45, 7) is 3.20. The van der Waals surface area contributed by atoms with Crippen LogP contribution in [0.5, 0.6) is 5.75 Å². The third-order valence-electron chi connectivity index (χ3n) is 7.02. The number of nitrogens with zero attached hydrogens (tertiary/aromatic N) is 2. The molecule has 0 saturated heterocycles. The Morgan fingerprint density at radius 1 is 1.15 bits per heavy atom. The minimum Gasteiger partial charge on any atom is -0.497 e. The fraction of sp³-hybridized carbons (Fsp3) is 0.429. The first kappa shape index (κ1) is 23.1. The molecular formula is C28H33N3O2. The van der Waals surface area contributed by atoms with Crippen molar-refractivity contribution < 1.29 is 9.53 Å². The van der Waals surface area contributed by atoms with Crippen molar-refractivity contribution >= 4 is 12.0 Å². The molecular weight excluding hydrogens is 410 g/mol. The highest BCUT2D eigenvalue weighted by Gasteiger charge is 2.23. The maximum Gasteiger partial charge on any atom is 0.244 e. The van der Waals surface area contributed by atoms with Gasteiger partial charge in [0, 0.05) is 25.2 Å². The van der Waals surface area contributed by atoms with E-state index in [1.807, 2.05) is 36.4 Å². The van der Waals surface area contributed by atoms with Crippen LogP contribution in [-0.4, -0.2) is 37.0 Å². The van der Waals surface area contributed by atoms with E-state index in [0.717, 1.165) is 61.7 Å². The topological polar surface area (TPSA) is 65.4 Å². The van der Waals surface area contributed by atoms with E-state index in [0.29, 0.717) is 0 Å². The van der Waals surface area contributed by atoms with Gasteiger partial charge in [0.1, 0.15) is 5.75 Å². The summed E-state index contributed by atoms with van der Waals surface area (Å²) in [5, 5.41) is 12.3. The maximum atomic E-state index is 12.3. The second-order valence-electron chi connectivity index (χ2n) is 9.24. The molecule has 2 aromatic carbocycles. The van der Waals surface area contributed by atoms with Gasteiger partial charge in [0.05, 0.1) is 18.7 Å². The molecule has 0 unspecified atom stereocenters. The first-order valence-electron chi connectivity index (χ1n) is 12.0. The standard InChI is InChI=1S/C28H33N3O2/c1-33-27-11-5-21(6-12-27)7-13-28(32)30-26-9-3-22(4-10-26)14-16-31-17-15-24-18-23(19-29)2-8-25(24)20-31/h2,5-8,11-13,18,22,26H,3-4,9-10,14-17,20H2,1H3,(H,30,32)/b13-7+. The minimum absolute atomic E-state index is 0.0131. The average Bonchev–Trinajstić information content (AvgIpc) is 2.87. The second-order valence-corrected chi connectivity index (χ2v) is 9.24. The summed E-state index contributed by atoms with van der Waals surface area (Å²) in [7, 11) is 1.65. The Labute approximate surface area is 197 Å². The van der Waals surface area contributed by atoms with Crippen LogP contribution in [0.2, 0.25) is 0 Å². The lowest BCUT2D eigenvalue weighted by Crippen LogP contribution is -2.37. The van der Waals surface area contributed by atoms with Gasteiger partial charge >= 0.3 is 0 Å². The van der Waals surface area contributed by atoms with Crippen LogP contribution in [0.25, 0.3) is 6.08 Å². The molecule has 1 heterocycles. The van der Waals surface area contributed by atoms with Crippen molar-refractivity contribution in [2.75, 3.05) is 20.2 Å². The number of amides is 1. The largest absolute Gasteiger partial charge is 0.497 e. The molecule has 0 bridgehead atoms. The fourth-order valence-corrected chi connectivity index (χ4v) is 4.97. The van der Waals surface area contributed by atoms with Crippen LogP contribution < -0.4 is 10.1 Å². The van der Waals surface area contributed by atoms with Gasteiger partial charge in [0.15, 0.2) is 0 Å². The number of methoxy groups -OCH3 is 1. The van der Waals surface area contributed by atoms with Crippen LogP contribution in [0.15, 0.2) is 48.5 Å². The van der Waals surface area contributed by atoms with E-state index in [1.54, 1.807) is 13.2 Å². The maximum absolute atomic E-state index is 12.3. The number of carbonyl (C=O) groups is 1. The zero-order chi connectivity index (χ0) is 23.0. The van der Waals surface area contributed by atoms with E-state index in [-0.39, 0.29) is 11.9 Å². The summed E-state index contributed by atoms with van der Waals surface area (Å²) in [5.74, 6) is 1.55. The van der Waals surface area contributed by atoms with Crippen LogP contribution >= 0.6 is 0 Å². The molecule has 0 aromatic heterocycles. The number of ether oxygens (including phenoxy) is 1. The highest BCUT2D eigenvalue weighted by molar-refractivity contribution is 5.91. The molecule has 172 valence electrons. The SMILES string of the molecule is COc1ccc(/C=C/C(=O)NC2CCC(CCN3CCc4cc(C#N)ccc4C3)CC2)cc1. The molecule has 2 aliphatic rings. The number of hydrogen-bond acceptors (Lipinski definition) is 4. The highest BCUT2D eigenvalue weighted by Crippen LogP contribution is 2.28. The van der Waals surface area contributed by atoms with Gasteiger partial charge in [-0.15, -0.1) is 0 Å². The van der Waals surface area contributed by atoms with E-state index in [1.165, 1.54) is 30.4 Å². The second kappa shape index (κ2) is 11.2. The number of nitriles is 1. The highest BCUT2D eigenvalue weighted by atomic mass is 16.5. The van der Waals surface area contributed by atoms with E-state index in [2.05, 4.69) is 28.4 Å². The number of hydrogen-bond donors (Lipinski definition) is 1. The van der Waals surface area contributed by atoms with E-state index >= 15 is 0 Å². The molecule has 5 nitrogen and oxygen atoms in total. The fourth-order valence-electron chi connectivity index (χ4n) is 4.97. The first-order chi connectivity index (χ1) is 16.1. The molecule has 1 N–H and O–H groups in total. The number of nitrogens with one attached hydrogen (secondary N) is 1. The van der Waals surface area contributed by atoms with Crippen LogP contribution in [0.1, 0.15) is 54.4 Å². The molecule has 1 aliphatic heterocycles. The Kier molecular flexibility index (Phi) is 7.80. The number of rotatable bonds is 7. The molecule has 0 spiro atoms. The van der Waals surface area contributed by atoms with Crippen LogP contribution in [0.4, 0.5) is 0 Å². The molecule has 2 aromatic rings. The Bertz CT molecular complexity index is 1010. The summed E-state index contributed by atoms with van der Waals surface area (Å²) in [5.41, 5.74) is 4.46. The van der Waals surface area contributed by atoms with E-state index in [4.69, 9.17) is 10.00 Å². The van der Waals surface area contributed by atoms with Gasteiger partial charge < -0.3 is 10.1 Å². The van der Waals surface area contributed by atoms with Crippen LogP contribution in [0.3, 0.4) is 0 Å². The molecule has 5 heteroatoms. The van der Waals surface area contributed by atoms with Gasteiger partial charge in [-0.1, -0.05) is 18.2 Å². The third kappa shape index (κ3) is 6.46. The van der Waals surface area contributed by atoms with Crippen molar-refractivity contribution in [3.05, 3.63) is 70.8 Å². The van der Waals surface area contributed by atoms with Crippen molar-refractivity contribution in [3.63, 3.8) is 0 Å². The van der Waals surface area contributed by atoms with Crippen LogP contribution in [0, 0.1) is 17.2 Å². The summed E-state index contributed by atoms with van der Waals surface area (Å²) < 4.78 is 5.16. The number of fused-ring (bicyclic) bond motifs is 1. The van der Waals surface area contributed by atoms with Crippen molar-refractivity contribution in [2.24, 2.45) is 5.92 Å². The van der Waals surface area contributed by atoms with Gasteiger partial charge in [-0.05, 0) is 98.0 Å². The zero-order valence-corrected chi connectivity index (χ0v) is 19.4. The van der Waals surface area contributed by atoms with Crippen molar-refractivity contribution in [1.29, 1.82) is 5.26 Å². The molecule has 33 heavy (non-hydrogen) atoms. The normalized spacial score (nSPS) is 20.7. The van der Waals surface area contributed by atoms with Crippen LogP contribution in [-0.2, 0) is 17.8 Å². The Morgan fingerprint density at radius 3 is 2.67 bits per heavy atom.